The Morgan fingerprint density at radius 3 is 2.66 bits per heavy atom. The van der Waals surface area contributed by atoms with Crippen LogP contribution in [0.25, 0.3) is 0 Å². The maximum atomic E-state index is 12.7. The topological polar surface area (TPSA) is 59.1 Å². The van der Waals surface area contributed by atoms with Gasteiger partial charge in [-0.2, -0.15) is 0 Å². The van der Waals surface area contributed by atoms with E-state index in [-0.39, 0.29) is 24.1 Å². The molecule has 2 fully saturated rings. The van der Waals surface area contributed by atoms with Crippen molar-refractivity contribution >= 4 is 35.1 Å². The van der Waals surface area contributed by atoms with Crippen LogP contribution in [-0.4, -0.2) is 66.4 Å². The Bertz CT molecular complexity index is 849. The number of hydrogen-bond donors (Lipinski definition) is 0. The van der Waals surface area contributed by atoms with Gasteiger partial charge in [0.05, 0.1) is 15.6 Å². The zero-order chi connectivity index (χ0) is 20.2. The van der Waals surface area contributed by atoms with Crippen LogP contribution in [0.1, 0.15) is 22.5 Å². The zero-order valence-corrected chi connectivity index (χ0v) is 17.9. The maximum absolute atomic E-state index is 12.7. The van der Waals surface area contributed by atoms with Crippen LogP contribution >= 0.6 is 23.1 Å². The summed E-state index contributed by atoms with van der Waals surface area (Å²) in [6.07, 6.45) is 3.01. The van der Waals surface area contributed by atoms with Gasteiger partial charge < -0.3 is 19.3 Å². The summed E-state index contributed by atoms with van der Waals surface area (Å²) >= 11 is 3.19. The number of rotatable bonds is 6. The standard InChI is InChI=1S/C21H24N2O4S2/c1-28-19-8-7-18(29-19)20(24)22-11-9-15(10-12-22)23-13-17(27-21(23)25)14-26-16-5-3-2-4-6-16/h2-8,15,17H,9-14H2,1H3. The van der Waals surface area contributed by atoms with Crippen molar-refractivity contribution in [3.8, 4) is 5.75 Å². The molecule has 29 heavy (non-hydrogen) atoms. The number of benzene rings is 1. The molecular formula is C21H24N2O4S2. The number of cyclic esters (lactones) is 1. The molecule has 8 heteroatoms. The van der Waals surface area contributed by atoms with Crippen molar-refractivity contribution in [2.75, 3.05) is 32.5 Å². The molecule has 0 saturated carbocycles. The Balaban J connectivity index is 1.27. The molecule has 0 N–H and O–H groups in total. The molecule has 2 aliphatic rings. The van der Waals surface area contributed by atoms with Gasteiger partial charge in [-0.3, -0.25) is 4.79 Å². The van der Waals surface area contributed by atoms with E-state index in [9.17, 15) is 9.59 Å². The molecule has 2 aliphatic heterocycles. The van der Waals surface area contributed by atoms with Gasteiger partial charge in [-0.05, 0) is 43.4 Å². The number of amides is 2. The Labute approximate surface area is 178 Å². The van der Waals surface area contributed by atoms with Gasteiger partial charge in [0.15, 0.2) is 6.10 Å². The van der Waals surface area contributed by atoms with Gasteiger partial charge in [0, 0.05) is 19.1 Å². The molecule has 4 rings (SSSR count). The largest absolute Gasteiger partial charge is 0.490 e. The van der Waals surface area contributed by atoms with Crippen LogP contribution in [0.5, 0.6) is 5.75 Å². The summed E-state index contributed by atoms with van der Waals surface area (Å²) in [4.78, 5) is 29.5. The van der Waals surface area contributed by atoms with Crippen LogP contribution < -0.4 is 4.74 Å². The van der Waals surface area contributed by atoms with E-state index in [1.165, 1.54) is 11.3 Å². The number of ether oxygens (including phenoxy) is 2. The second kappa shape index (κ2) is 9.09. The average Bonchev–Trinajstić information content (AvgIpc) is 3.39. The quantitative estimate of drug-likeness (QED) is 0.647. The molecule has 2 amide bonds. The molecule has 154 valence electrons. The van der Waals surface area contributed by atoms with Gasteiger partial charge in [-0.25, -0.2) is 4.79 Å². The molecule has 0 aliphatic carbocycles. The highest BCUT2D eigenvalue weighted by molar-refractivity contribution is 8.00. The van der Waals surface area contributed by atoms with Gasteiger partial charge in [-0.1, -0.05) is 18.2 Å². The fraction of sp³-hybridized carbons (Fsp3) is 0.429. The monoisotopic (exact) mass is 432 g/mol. The number of carbonyl (C=O) groups excluding carboxylic acids is 2. The van der Waals surface area contributed by atoms with E-state index < -0.39 is 0 Å². The van der Waals surface area contributed by atoms with Gasteiger partial charge in [0.1, 0.15) is 12.4 Å². The lowest BCUT2D eigenvalue weighted by Gasteiger charge is -2.35. The Hall–Kier alpha value is -2.19. The minimum absolute atomic E-state index is 0.0897. The highest BCUT2D eigenvalue weighted by Gasteiger charge is 2.38. The minimum Gasteiger partial charge on any atom is -0.490 e. The van der Waals surface area contributed by atoms with Crippen molar-refractivity contribution in [2.45, 2.75) is 29.2 Å². The van der Waals surface area contributed by atoms with Crippen LogP contribution in [0, 0.1) is 0 Å². The molecule has 1 aromatic heterocycles. The summed E-state index contributed by atoms with van der Waals surface area (Å²) in [6.45, 7) is 2.20. The predicted molar refractivity (Wildman–Crippen MR) is 114 cm³/mol. The minimum atomic E-state index is -0.278. The molecule has 2 saturated heterocycles. The molecular weight excluding hydrogens is 408 g/mol. The van der Waals surface area contributed by atoms with E-state index in [0.29, 0.717) is 26.2 Å². The number of hydrogen-bond acceptors (Lipinski definition) is 6. The lowest BCUT2D eigenvalue weighted by molar-refractivity contribution is 0.0663. The highest BCUT2D eigenvalue weighted by Crippen LogP contribution is 2.28. The second-order valence-corrected chi connectivity index (χ2v) is 9.32. The fourth-order valence-corrected chi connectivity index (χ4v) is 5.23. The van der Waals surface area contributed by atoms with Crippen LogP contribution in [0.2, 0.25) is 0 Å². The number of para-hydroxylation sites is 1. The molecule has 2 aromatic rings. The molecule has 1 atom stereocenters. The average molecular weight is 433 g/mol. The van der Waals surface area contributed by atoms with E-state index in [0.717, 1.165) is 27.7 Å². The summed E-state index contributed by atoms with van der Waals surface area (Å²) < 4.78 is 12.4. The number of piperidine rings is 1. The Morgan fingerprint density at radius 2 is 1.97 bits per heavy atom. The zero-order valence-electron chi connectivity index (χ0n) is 16.3. The highest BCUT2D eigenvalue weighted by atomic mass is 32.2. The van der Waals surface area contributed by atoms with Gasteiger partial charge in [0.25, 0.3) is 5.91 Å². The predicted octanol–water partition coefficient (Wildman–Crippen LogP) is 3.97. The van der Waals surface area contributed by atoms with Crippen molar-refractivity contribution < 1.29 is 19.1 Å². The lowest BCUT2D eigenvalue weighted by atomic mass is 10.0. The van der Waals surface area contributed by atoms with Crippen LogP contribution in [0.4, 0.5) is 4.79 Å². The lowest BCUT2D eigenvalue weighted by Crippen LogP contribution is -2.47. The molecule has 6 nitrogen and oxygen atoms in total. The summed E-state index contributed by atoms with van der Waals surface area (Å²) in [5.41, 5.74) is 0. The molecule has 3 heterocycles. The summed E-state index contributed by atoms with van der Waals surface area (Å²) in [5, 5.41) is 0. The molecule has 0 spiro atoms. The van der Waals surface area contributed by atoms with E-state index in [2.05, 4.69) is 0 Å². The Morgan fingerprint density at radius 1 is 1.21 bits per heavy atom. The first-order chi connectivity index (χ1) is 14.1. The van der Waals surface area contributed by atoms with Crippen LogP contribution in [0.3, 0.4) is 0 Å². The van der Waals surface area contributed by atoms with Crippen molar-refractivity contribution in [1.29, 1.82) is 0 Å². The van der Waals surface area contributed by atoms with Gasteiger partial charge >= 0.3 is 6.09 Å². The fourth-order valence-electron chi connectivity index (χ4n) is 3.71. The van der Waals surface area contributed by atoms with Crippen molar-refractivity contribution in [1.82, 2.24) is 9.80 Å². The van der Waals surface area contributed by atoms with E-state index in [1.807, 2.05) is 53.6 Å². The van der Waals surface area contributed by atoms with Crippen LogP contribution in [0.15, 0.2) is 46.7 Å². The van der Waals surface area contributed by atoms with Gasteiger partial charge in [0.2, 0.25) is 0 Å². The third-order valence-corrected chi connectivity index (χ3v) is 7.42. The first-order valence-electron chi connectivity index (χ1n) is 9.72. The first-order valence-corrected chi connectivity index (χ1v) is 11.8. The molecule has 0 radical (unpaired) electrons. The molecule has 1 aromatic carbocycles. The second-order valence-electron chi connectivity index (χ2n) is 7.13. The molecule has 1 unspecified atom stereocenters. The maximum Gasteiger partial charge on any atom is 0.410 e. The van der Waals surface area contributed by atoms with E-state index in [1.54, 1.807) is 16.7 Å². The third kappa shape index (κ3) is 4.70. The number of nitrogens with zero attached hydrogens (tertiary/aromatic N) is 2. The molecule has 0 bridgehead atoms. The summed E-state index contributed by atoms with van der Waals surface area (Å²) in [7, 11) is 0. The van der Waals surface area contributed by atoms with Crippen molar-refractivity contribution in [3.05, 3.63) is 47.3 Å². The SMILES string of the molecule is CSc1ccc(C(=O)N2CCC(N3CC(COc4ccccc4)OC3=O)CC2)s1. The summed E-state index contributed by atoms with van der Waals surface area (Å²) in [5.74, 6) is 0.860. The number of likely N-dealkylation sites (tertiary alicyclic amines) is 1. The van der Waals surface area contributed by atoms with E-state index in [4.69, 9.17) is 9.47 Å². The normalized spacial score (nSPS) is 20.0. The van der Waals surface area contributed by atoms with Gasteiger partial charge in [-0.15, -0.1) is 23.1 Å². The number of thiophene rings is 1. The first kappa shape index (κ1) is 20.1. The number of carbonyl (C=O) groups is 2. The van der Waals surface area contributed by atoms with Crippen LogP contribution in [-0.2, 0) is 4.74 Å². The number of thioether (sulfide) groups is 1. The van der Waals surface area contributed by atoms with E-state index >= 15 is 0 Å². The Kier molecular flexibility index (Phi) is 6.30. The third-order valence-electron chi connectivity index (χ3n) is 5.27. The van der Waals surface area contributed by atoms with Crippen molar-refractivity contribution in [2.24, 2.45) is 0 Å². The smallest absolute Gasteiger partial charge is 0.410 e. The van der Waals surface area contributed by atoms with Crippen molar-refractivity contribution in [3.63, 3.8) is 0 Å². The summed E-state index contributed by atoms with van der Waals surface area (Å²) in [6, 6.07) is 13.5.